The van der Waals surface area contributed by atoms with E-state index in [-0.39, 0.29) is 11.8 Å². The molecular formula is C20H27N3O3S. The third-order valence-electron chi connectivity index (χ3n) is 5.90. The Hall–Kier alpha value is -1.86. The first-order valence-electron chi connectivity index (χ1n) is 9.81. The molecule has 7 heteroatoms. The fourth-order valence-corrected chi connectivity index (χ4v) is 5.86. The predicted octanol–water partition coefficient (Wildman–Crippen LogP) is 2.59. The number of fused-ring (bicyclic) bond motifs is 1. The van der Waals surface area contributed by atoms with Crippen molar-refractivity contribution in [1.29, 1.82) is 0 Å². The lowest BCUT2D eigenvalue weighted by Gasteiger charge is -2.35. The Morgan fingerprint density at radius 2 is 1.81 bits per heavy atom. The Balaban J connectivity index is 1.54. The first kappa shape index (κ1) is 18.5. The molecule has 1 aromatic carbocycles. The van der Waals surface area contributed by atoms with Gasteiger partial charge >= 0.3 is 0 Å². The number of carbonyl (C=O) groups excluding carboxylic acids is 1. The molecule has 1 amide bonds. The average molecular weight is 390 g/mol. The number of hydrogen-bond donors (Lipinski definition) is 0. The van der Waals surface area contributed by atoms with Gasteiger partial charge in [-0.05, 0) is 56.4 Å². The van der Waals surface area contributed by atoms with Gasteiger partial charge in [0, 0.05) is 50.3 Å². The minimum Gasteiger partial charge on any atom is -0.351 e. The number of amides is 1. The largest absolute Gasteiger partial charge is 0.351 e. The minimum absolute atomic E-state index is 0.133. The summed E-state index contributed by atoms with van der Waals surface area (Å²) in [4.78, 5) is 15.1. The molecule has 0 saturated carbocycles. The normalized spacial score (nSPS) is 22.3. The van der Waals surface area contributed by atoms with Crippen molar-refractivity contribution in [1.82, 2.24) is 13.8 Å². The van der Waals surface area contributed by atoms with Crippen LogP contribution in [0.4, 0.5) is 0 Å². The van der Waals surface area contributed by atoms with Crippen LogP contribution < -0.4 is 0 Å². The second-order valence-electron chi connectivity index (χ2n) is 7.74. The maximum absolute atomic E-state index is 13.2. The zero-order valence-corrected chi connectivity index (χ0v) is 16.6. The SMILES string of the molecule is Cn1ccc2cc(S(=O)(=O)N3CCCC(C(=O)N4CCCCC4)C3)ccc21. The van der Waals surface area contributed by atoms with E-state index in [0.717, 1.165) is 49.7 Å². The molecule has 4 rings (SSSR count). The van der Waals surface area contributed by atoms with Gasteiger partial charge in [-0.15, -0.1) is 0 Å². The highest BCUT2D eigenvalue weighted by Crippen LogP contribution is 2.28. The van der Waals surface area contributed by atoms with Crippen molar-refractivity contribution < 1.29 is 13.2 Å². The van der Waals surface area contributed by atoms with Gasteiger partial charge in [0.1, 0.15) is 0 Å². The number of piperidine rings is 2. The van der Waals surface area contributed by atoms with Gasteiger partial charge in [0.2, 0.25) is 15.9 Å². The molecule has 1 aromatic heterocycles. The molecule has 3 heterocycles. The van der Waals surface area contributed by atoms with E-state index in [4.69, 9.17) is 0 Å². The van der Waals surface area contributed by atoms with Crippen LogP contribution >= 0.6 is 0 Å². The summed E-state index contributed by atoms with van der Waals surface area (Å²) in [5, 5.41) is 0.913. The number of benzene rings is 1. The van der Waals surface area contributed by atoms with Crippen LogP contribution in [0.2, 0.25) is 0 Å². The van der Waals surface area contributed by atoms with E-state index in [1.807, 2.05) is 34.8 Å². The smallest absolute Gasteiger partial charge is 0.243 e. The van der Waals surface area contributed by atoms with E-state index in [1.54, 1.807) is 12.1 Å². The Kier molecular flexibility index (Phi) is 4.99. The number of aromatic nitrogens is 1. The van der Waals surface area contributed by atoms with Crippen molar-refractivity contribution in [3.05, 3.63) is 30.5 Å². The summed E-state index contributed by atoms with van der Waals surface area (Å²) in [5.41, 5.74) is 1.01. The molecule has 2 aromatic rings. The van der Waals surface area contributed by atoms with Crippen molar-refractivity contribution in [2.24, 2.45) is 13.0 Å². The molecule has 27 heavy (non-hydrogen) atoms. The second-order valence-corrected chi connectivity index (χ2v) is 9.67. The van der Waals surface area contributed by atoms with Crippen LogP contribution in [0.1, 0.15) is 32.1 Å². The van der Waals surface area contributed by atoms with Crippen LogP contribution in [-0.4, -0.2) is 54.3 Å². The average Bonchev–Trinajstić information content (AvgIpc) is 3.08. The van der Waals surface area contributed by atoms with Crippen LogP contribution in [0, 0.1) is 5.92 Å². The molecule has 2 fully saturated rings. The molecule has 1 atom stereocenters. The van der Waals surface area contributed by atoms with Gasteiger partial charge in [-0.25, -0.2) is 8.42 Å². The number of likely N-dealkylation sites (tertiary alicyclic amines) is 1. The fourth-order valence-electron chi connectivity index (χ4n) is 4.30. The topological polar surface area (TPSA) is 62.6 Å². The van der Waals surface area contributed by atoms with Gasteiger partial charge in [-0.3, -0.25) is 4.79 Å². The van der Waals surface area contributed by atoms with Crippen LogP contribution in [-0.2, 0) is 21.9 Å². The molecule has 1 unspecified atom stereocenters. The van der Waals surface area contributed by atoms with Gasteiger partial charge in [-0.2, -0.15) is 4.31 Å². The van der Waals surface area contributed by atoms with Gasteiger partial charge in [-0.1, -0.05) is 0 Å². The number of aryl methyl sites for hydroxylation is 1. The Bertz CT molecular complexity index is 945. The predicted molar refractivity (Wildman–Crippen MR) is 105 cm³/mol. The van der Waals surface area contributed by atoms with Crippen molar-refractivity contribution in [2.75, 3.05) is 26.2 Å². The lowest BCUT2D eigenvalue weighted by atomic mass is 9.97. The summed E-state index contributed by atoms with van der Waals surface area (Å²) in [6.45, 7) is 2.41. The number of rotatable bonds is 3. The zero-order chi connectivity index (χ0) is 19.0. The highest BCUT2D eigenvalue weighted by Gasteiger charge is 2.35. The lowest BCUT2D eigenvalue weighted by Crippen LogP contribution is -2.47. The van der Waals surface area contributed by atoms with E-state index < -0.39 is 10.0 Å². The standard InChI is InChI=1S/C20H27N3O3S/c1-21-13-9-16-14-18(7-8-19(16)21)27(25,26)23-12-5-6-17(15-23)20(24)22-10-3-2-4-11-22/h7-9,13-14,17H,2-6,10-12,15H2,1H3. The van der Waals surface area contributed by atoms with Crippen molar-refractivity contribution in [3.63, 3.8) is 0 Å². The maximum atomic E-state index is 13.2. The van der Waals surface area contributed by atoms with Gasteiger partial charge < -0.3 is 9.47 Å². The third-order valence-corrected chi connectivity index (χ3v) is 7.76. The van der Waals surface area contributed by atoms with E-state index in [1.165, 1.54) is 10.7 Å². The number of carbonyl (C=O) groups is 1. The van der Waals surface area contributed by atoms with Gasteiger partial charge in [0.15, 0.2) is 0 Å². The molecule has 6 nitrogen and oxygen atoms in total. The molecule has 0 spiro atoms. The fraction of sp³-hybridized carbons (Fsp3) is 0.550. The zero-order valence-electron chi connectivity index (χ0n) is 15.8. The first-order valence-corrected chi connectivity index (χ1v) is 11.2. The summed E-state index contributed by atoms with van der Waals surface area (Å²) in [5.74, 6) is -0.0832. The molecule has 0 radical (unpaired) electrons. The number of sulfonamides is 1. The van der Waals surface area contributed by atoms with Crippen LogP contribution in [0.15, 0.2) is 35.4 Å². The minimum atomic E-state index is -3.59. The van der Waals surface area contributed by atoms with E-state index in [0.29, 0.717) is 18.0 Å². The Morgan fingerprint density at radius 1 is 1.04 bits per heavy atom. The molecule has 0 bridgehead atoms. The summed E-state index contributed by atoms with van der Waals surface area (Å²) in [6.07, 6.45) is 6.72. The summed E-state index contributed by atoms with van der Waals surface area (Å²) >= 11 is 0. The maximum Gasteiger partial charge on any atom is 0.243 e. The van der Waals surface area contributed by atoms with Crippen molar-refractivity contribution in [3.8, 4) is 0 Å². The van der Waals surface area contributed by atoms with Crippen molar-refractivity contribution >= 4 is 26.8 Å². The summed E-state index contributed by atoms with van der Waals surface area (Å²) in [6, 6.07) is 7.18. The van der Waals surface area contributed by atoms with Crippen LogP contribution in [0.3, 0.4) is 0 Å². The lowest BCUT2D eigenvalue weighted by molar-refractivity contribution is -0.137. The van der Waals surface area contributed by atoms with Gasteiger partial charge in [0.25, 0.3) is 0 Å². The number of hydrogen-bond acceptors (Lipinski definition) is 3. The van der Waals surface area contributed by atoms with Crippen molar-refractivity contribution in [2.45, 2.75) is 37.0 Å². The highest BCUT2D eigenvalue weighted by molar-refractivity contribution is 7.89. The molecule has 0 aliphatic carbocycles. The summed E-state index contributed by atoms with van der Waals surface area (Å²) in [7, 11) is -1.65. The monoisotopic (exact) mass is 389 g/mol. The van der Waals surface area contributed by atoms with Crippen LogP contribution in [0.5, 0.6) is 0 Å². The Morgan fingerprint density at radius 3 is 2.59 bits per heavy atom. The second kappa shape index (κ2) is 7.28. The number of nitrogens with zero attached hydrogens (tertiary/aromatic N) is 3. The Labute approximate surface area is 160 Å². The van der Waals surface area contributed by atoms with Crippen LogP contribution in [0.25, 0.3) is 10.9 Å². The first-order chi connectivity index (χ1) is 13.0. The van der Waals surface area contributed by atoms with E-state index >= 15 is 0 Å². The summed E-state index contributed by atoms with van der Waals surface area (Å²) < 4.78 is 29.8. The molecular weight excluding hydrogens is 362 g/mol. The van der Waals surface area contributed by atoms with Gasteiger partial charge in [0.05, 0.1) is 10.8 Å². The van der Waals surface area contributed by atoms with E-state index in [2.05, 4.69) is 0 Å². The molecule has 2 aliphatic rings. The quantitative estimate of drug-likeness (QED) is 0.811. The molecule has 2 saturated heterocycles. The molecule has 0 N–H and O–H groups in total. The molecule has 146 valence electrons. The third kappa shape index (κ3) is 3.50. The van der Waals surface area contributed by atoms with E-state index in [9.17, 15) is 13.2 Å². The highest BCUT2D eigenvalue weighted by atomic mass is 32.2. The molecule has 2 aliphatic heterocycles.